The van der Waals surface area contributed by atoms with Gasteiger partial charge in [0.05, 0.1) is 0 Å². The van der Waals surface area contributed by atoms with Gasteiger partial charge in [-0.15, -0.1) is 0 Å². The molecule has 1 fully saturated rings. The van der Waals surface area contributed by atoms with E-state index in [1.165, 1.54) is 0 Å². The van der Waals surface area contributed by atoms with E-state index in [1.807, 2.05) is 0 Å². The quantitative estimate of drug-likeness (QED) is 0.406. The van der Waals surface area contributed by atoms with Crippen molar-refractivity contribution in [2.75, 3.05) is 0 Å². The molecule has 1 aliphatic rings. The Morgan fingerprint density at radius 1 is 1.11 bits per heavy atom. The van der Waals surface area contributed by atoms with Crippen molar-refractivity contribution in [1.29, 1.82) is 0 Å². The molecule has 0 saturated carbocycles. The Bertz CT molecular complexity index is 114. The second-order valence-electron chi connectivity index (χ2n) is 1.47. The molecule has 1 heterocycles. The fourth-order valence-corrected chi connectivity index (χ4v) is 0.508. The first-order chi connectivity index (χ1) is 3.29. The second-order valence-corrected chi connectivity index (χ2v) is 1.47. The van der Waals surface area contributed by atoms with Crippen LogP contribution in [0, 0.1) is 0 Å². The van der Waals surface area contributed by atoms with Gasteiger partial charge in [-0.25, -0.2) is 0 Å². The average Bonchev–Trinajstić information content (AvgIpc) is 1.87. The number of amides is 2. The minimum absolute atomic E-state index is 0. The van der Waals surface area contributed by atoms with Gasteiger partial charge in [0.2, 0.25) is 11.8 Å². The third-order valence-electron chi connectivity index (χ3n) is 0.858. The van der Waals surface area contributed by atoms with Gasteiger partial charge in [0.15, 0.2) is 0 Å². The zero-order valence-electron chi connectivity index (χ0n) is 5.03. The molecule has 0 atom stereocenters. The summed E-state index contributed by atoms with van der Waals surface area (Å²) in [7, 11) is 0. The summed E-state index contributed by atoms with van der Waals surface area (Å²) in [4.78, 5) is 20.2. The van der Waals surface area contributed by atoms with Crippen LogP contribution in [-0.4, -0.2) is 63.2 Å². The van der Waals surface area contributed by atoms with Gasteiger partial charge < -0.3 is 0 Å². The molecule has 1 N–H and O–H groups in total. The van der Waals surface area contributed by atoms with Crippen LogP contribution in [0.2, 0.25) is 0 Å². The van der Waals surface area contributed by atoms with Gasteiger partial charge in [0.25, 0.3) is 0 Å². The molecule has 0 aromatic heterocycles. The van der Waals surface area contributed by atoms with E-state index in [0.29, 0.717) is 12.8 Å². The molecule has 9 heavy (non-hydrogen) atoms. The summed E-state index contributed by atoms with van der Waals surface area (Å²) in [5, 5.41) is 2.14. The summed E-state index contributed by atoms with van der Waals surface area (Å²) in [5.74, 6) is -0.296. The van der Waals surface area contributed by atoms with Crippen molar-refractivity contribution in [3.63, 3.8) is 0 Å². The molecule has 3 nitrogen and oxygen atoms in total. The fraction of sp³-hybridized carbons (Fsp3) is 0.500. The molecule has 0 spiro atoms. The van der Waals surface area contributed by atoms with Crippen LogP contribution in [0.3, 0.4) is 0 Å². The van der Waals surface area contributed by atoms with E-state index in [9.17, 15) is 9.59 Å². The van der Waals surface area contributed by atoms with Crippen molar-refractivity contribution in [2.24, 2.45) is 0 Å². The van der Waals surface area contributed by atoms with E-state index in [0.717, 1.165) is 0 Å². The zero-order valence-corrected chi connectivity index (χ0v) is 9.10. The van der Waals surface area contributed by atoms with Crippen molar-refractivity contribution >= 4 is 63.2 Å². The number of nitrogens with one attached hydrogen (secondary N) is 1. The first-order valence-corrected chi connectivity index (χ1v) is 2.12. The largest absolute Gasteiger partial charge is 0.296 e. The van der Waals surface area contributed by atoms with E-state index >= 15 is 0 Å². The van der Waals surface area contributed by atoms with E-state index in [-0.39, 0.29) is 80.3 Å². The van der Waals surface area contributed by atoms with Crippen LogP contribution >= 0.6 is 0 Å². The predicted molar refractivity (Wildman–Crippen MR) is 28.1 cm³/mol. The molecule has 1 aliphatic heterocycles. The van der Waals surface area contributed by atoms with Gasteiger partial charge in [0.1, 0.15) is 0 Å². The van der Waals surface area contributed by atoms with Crippen molar-refractivity contribution in [3.05, 3.63) is 0 Å². The van der Waals surface area contributed by atoms with Crippen LogP contribution in [0.4, 0.5) is 0 Å². The van der Waals surface area contributed by atoms with E-state index < -0.39 is 0 Å². The summed E-state index contributed by atoms with van der Waals surface area (Å²) in [6.07, 6.45) is 0.748. The SMILES string of the molecule is O=C1CCC(=O)N1.[Cu].[K]. The third-order valence-corrected chi connectivity index (χ3v) is 0.858. The van der Waals surface area contributed by atoms with Crippen LogP contribution in [-0.2, 0) is 26.7 Å². The number of carbonyl (C=O) groups is 2. The molecule has 0 aliphatic carbocycles. The first-order valence-electron chi connectivity index (χ1n) is 2.12. The van der Waals surface area contributed by atoms with Crippen molar-refractivity contribution < 1.29 is 26.7 Å². The Kier molecular flexibility index (Phi) is 8.67. The van der Waals surface area contributed by atoms with Gasteiger partial charge in [-0.1, -0.05) is 0 Å². The zero-order chi connectivity index (χ0) is 5.28. The van der Waals surface area contributed by atoms with Gasteiger partial charge in [-0.2, -0.15) is 0 Å². The van der Waals surface area contributed by atoms with Crippen LogP contribution in [0.5, 0.6) is 0 Å². The molecule has 1 saturated heterocycles. The third kappa shape index (κ3) is 4.67. The number of hydrogen-bond acceptors (Lipinski definition) is 2. The van der Waals surface area contributed by atoms with Crippen LogP contribution in [0.1, 0.15) is 12.8 Å². The molecule has 0 unspecified atom stereocenters. The van der Waals surface area contributed by atoms with E-state index in [1.54, 1.807) is 0 Å². The molecule has 50 valence electrons. The monoisotopic (exact) mass is 201 g/mol. The van der Waals surface area contributed by atoms with Gasteiger partial charge >= 0.3 is 0 Å². The first kappa shape index (κ1) is 12.9. The molecule has 0 bridgehead atoms. The maximum absolute atomic E-state index is 10.1. The summed E-state index contributed by atoms with van der Waals surface area (Å²) in [5.41, 5.74) is 0. The number of imide groups is 1. The number of carbonyl (C=O) groups excluding carboxylic acids is 2. The van der Waals surface area contributed by atoms with Crippen molar-refractivity contribution in [1.82, 2.24) is 5.32 Å². The van der Waals surface area contributed by atoms with Crippen LogP contribution in [0.15, 0.2) is 0 Å². The second kappa shape index (κ2) is 6.04. The topological polar surface area (TPSA) is 46.2 Å². The molecule has 5 heteroatoms. The van der Waals surface area contributed by atoms with Gasteiger partial charge in [-0.3, -0.25) is 14.9 Å². The van der Waals surface area contributed by atoms with Crippen molar-refractivity contribution in [2.45, 2.75) is 12.8 Å². The Morgan fingerprint density at radius 3 is 1.56 bits per heavy atom. The summed E-state index contributed by atoms with van der Waals surface area (Å²) in [6.45, 7) is 0. The van der Waals surface area contributed by atoms with Crippen LogP contribution in [0.25, 0.3) is 0 Å². The smallest absolute Gasteiger partial charge is 0.227 e. The summed E-state index contributed by atoms with van der Waals surface area (Å²) >= 11 is 0. The molecular formula is C4H5CuKNO2. The van der Waals surface area contributed by atoms with E-state index in [2.05, 4.69) is 5.32 Å². The maximum Gasteiger partial charge on any atom is 0.227 e. The average molecular weight is 202 g/mol. The normalized spacial score (nSPS) is 15.6. The molecule has 2 radical (unpaired) electrons. The fourth-order valence-electron chi connectivity index (χ4n) is 0.508. The summed E-state index contributed by atoms with van der Waals surface area (Å²) in [6, 6.07) is 0. The van der Waals surface area contributed by atoms with Gasteiger partial charge in [0, 0.05) is 81.3 Å². The Morgan fingerprint density at radius 2 is 1.44 bits per heavy atom. The Labute approximate surface area is 106 Å². The molecule has 2 amide bonds. The number of rotatable bonds is 0. The minimum Gasteiger partial charge on any atom is -0.296 e. The van der Waals surface area contributed by atoms with E-state index in [4.69, 9.17) is 0 Å². The van der Waals surface area contributed by atoms with Gasteiger partial charge in [-0.05, 0) is 0 Å². The molecular weight excluding hydrogens is 197 g/mol. The summed E-state index contributed by atoms with van der Waals surface area (Å²) < 4.78 is 0. The maximum atomic E-state index is 10.1. The molecule has 1 rings (SSSR count). The van der Waals surface area contributed by atoms with Crippen LogP contribution < -0.4 is 5.32 Å². The Hall–Kier alpha value is 1.30. The Balaban J connectivity index is 0. The predicted octanol–water partition coefficient (Wildman–Crippen LogP) is -0.960. The standard InChI is InChI=1S/C4H5NO2.Cu.K/c6-3-1-2-4(7)5-3;;/h1-2H2,(H,5,6,7);;. The molecule has 0 aromatic carbocycles. The molecule has 0 aromatic rings. The minimum atomic E-state index is -0.148. The number of hydrogen-bond donors (Lipinski definition) is 1. The van der Waals surface area contributed by atoms with Crippen molar-refractivity contribution in [3.8, 4) is 0 Å².